The van der Waals surface area contributed by atoms with E-state index in [0.29, 0.717) is 25.8 Å². The second-order valence-electron chi connectivity index (χ2n) is 9.47. The van der Waals surface area contributed by atoms with Crippen LogP contribution in [0.5, 0.6) is 0 Å². The molecule has 0 radical (unpaired) electrons. The maximum absolute atomic E-state index is 13.2. The van der Waals surface area contributed by atoms with Gasteiger partial charge in [0.2, 0.25) is 21.8 Å². The highest BCUT2D eigenvalue weighted by molar-refractivity contribution is 7.91. The summed E-state index contributed by atoms with van der Waals surface area (Å²) in [6.07, 6.45) is 7.27. The molecule has 3 fully saturated rings. The summed E-state index contributed by atoms with van der Waals surface area (Å²) >= 11 is 0. The lowest BCUT2D eigenvalue weighted by Crippen LogP contribution is -2.54. The van der Waals surface area contributed by atoms with Crippen LogP contribution in [0.3, 0.4) is 0 Å². The van der Waals surface area contributed by atoms with Gasteiger partial charge in [-0.1, -0.05) is 12.2 Å². The van der Waals surface area contributed by atoms with Gasteiger partial charge in [-0.3, -0.25) is 19.1 Å². The summed E-state index contributed by atoms with van der Waals surface area (Å²) in [6, 6.07) is 0. The molecule has 0 aromatic heterocycles. The molecule has 172 valence electrons. The maximum Gasteiger partial charge on any atom is 0.259 e. The van der Waals surface area contributed by atoms with E-state index in [9.17, 15) is 27.9 Å². The number of aliphatic hydroxyl groups is 1. The number of rotatable bonds is 3. The van der Waals surface area contributed by atoms with E-state index < -0.39 is 50.6 Å². The quantitative estimate of drug-likeness (QED) is 0.518. The summed E-state index contributed by atoms with van der Waals surface area (Å²) in [5.74, 6) is -3.06. The zero-order valence-electron chi connectivity index (χ0n) is 17.7. The smallest absolute Gasteiger partial charge is 0.259 e. The zero-order chi connectivity index (χ0) is 22.4. The van der Waals surface area contributed by atoms with Crippen LogP contribution in [-0.2, 0) is 24.4 Å². The van der Waals surface area contributed by atoms with E-state index in [1.54, 1.807) is 11.9 Å². The summed E-state index contributed by atoms with van der Waals surface area (Å²) in [5, 5.41) is 12.4. The van der Waals surface area contributed by atoms with E-state index >= 15 is 0 Å². The van der Waals surface area contributed by atoms with Gasteiger partial charge >= 0.3 is 0 Å². The van der Waals surface area contributed by atoms with Crippen molar-refractivity contribution in [3.8, 4) is 0 Å². The van der Waals surface area contributed by atoms with Crippen LogP contribution in [0, 0.1) is 17.8 Å². The first-order valence-corrected chi connectivity index (χ1v) is 12.7. The molecule has 1 aliphatic heterocycles. The van der Waals surface area contributed by atoms with Gasteiger partial charge in [-0.15, -0.1) is 0 Å². The number of nitrogens with one attached hydrogen (secondary N) is 2. The Labute approximate surface area is 182 Å². The van der Waals surface area contributed by atoms with Gasteiger partial charge in [0.15, 0.2) is 0 Å². The normalized spacial score (nSPS) is 37.8. The molecule has 3 aliphatic carbocycles. The van der Waals surface area contributed by atoms with Crippen molar-refractivity contribution < 1.29 is 27.9 Å². The Bertz CT molecular complexity index is 899. The van der Waals surface area contributed by atoms with Gasteiger partial charge in [0, 0.05) is 19.5 Å². The lowest BCUT2D eigenvalue weighted by Gasteiger charge is -2.26. The molecule has 10 heteroatoms. The minimum Gasteiger partial charge on any atom is -0.393 e. The van der Waals surface area contributed by atoms with Gasteiger partial charge in [0.1, 0.15) is 5.54 Å². The maximum atomic E-state index is 13.2. The van der Waals surface area contributed by atoms with Gasteiger partial charge in [-0.25, -0.2) is 8.42 Å². The Morgan fingerprint density at radius 2 is 1.94 bits per heavy atom. The second-order valence-corrected chi connectivity index (χ2v) is 11.4. The van der Waals surface area contributed by atoms with Crippen LogP contribution < -0.4 is 10.0 Å². The molecule has 0 spiro atoms. The van der Waals surface area contributed by atoms with E-state index in [4.69, 9.17) is 0 Å². The first-order valence-electron chi connectivity index (χ1n) is 11.1. The number of carbonyl (C=O) groups is 3. The van der Waals surface area contributed by atoms with Crippen molar-refractivity contribution in [1.29, 1.82) is 0 Å². The minimum absolute atomic E-state index is 0.147. The molecular formula is C21H31N3O6S. The summed E-state index contributed by atoms with van der Waals surface area (Å²) in [7, 11) is -2.04. The predicted molar refractivity (Wildman–Crippen MR) is 112 cm³/mol. The summed E-state index contributed by atoms with van der Waals surface area (Å²) in [6.45, 7) is 0.586. The second kappa shape index (κ2) is 8.20. The van der Waals surface area contributed by atoms with Crippen LogP contribution in [0.25, 0.3) is 0 Å². The van der Waals surface area contributed by atoms with Crippen LogP contribution in [0.4, 0.5) is 0 Å². The monoisotopic (exact) mass is 453 g/mol. The zero-order valence-corrected chi connectivity index (χ0v) is 18.6. The average molecular weight is 454 g/mol. The lowest BCUT2D eigenvalue weighted by molar-refractivity contribution is -0.140. The third kappa shape index (κ3) is 4.50. The molecule has 4 rings (SSSR count). The Kier molecular flexibility index (Phi) is 5.89. The van der Waals surface area contributed by atoms with E-state index in [1.807, 2.05) is 12.2 Å². The van der Waals surface area contributed by atoms with E-state index in [-0.39, 0.29) is 24.7 Å². The molecule has 0 aromatic rings. The Morgan fingerprint density at radius 3 is 2.65 bits per heavy atom. The number of carbonyl (C=O) groups excluding carboxylic acids is 3. The number of nitrogens with zero attached hydrogens (tertiary/aromatic N) is 1. The largest absolute Gasteiger partial charge is 0.393 e. The van der Waals surface area contributed by atoms with Crippen LogP contribution in [0.15, 0.2) is 12.2 Å². The molecule has 31 heavy (non-hydrogen) atoms. The van der Waals surface area contributed by atoms with E-state index in [2.05, 4.69) is 10.0 Å². The number of hydrogen-bond donors (Lipinski definition) is 3. The van der Waals surface area contributed by atoms with E-state index in [0.717, 1.165) is 19.3 Å². The van der Waals surface area contributed by atoms with Crippen LogP contribution in [0.1, 0.15) is 51.4 Å². The Balaban J connectivity index is 1.58. The lowest BCUT2D eigenvalue weighted by atomic mass is 9.93. The number of allylic oxidation sites excluding steroid dienone is 1. The number of aliphatic hydroxyl groups excluding tert-OH is 1. The molecule has 3 saturated carbocycles. The molecule has 0 saturated heterocycles. The molecule has 3 N–H and O–H groups in total. The van der Waals surface area contributed by atoms with Crippen molar-refractivity contribution in [2.75, 3.05) is 13.6 Å². The third-order valence-electron chi connectivity index (χ3n) is 7.01. The topological polar surface area (TPSA) is 133 Å². The number of fused-ring (bicyclic) bond motifs is 2. The molecule has 4 aliphatic rings. The highest BCUT2D eigenvalue weighted by Crippen LogP contribution is 2.46. The Hall–Kier alpha value is -1.94. The van der Waals surface area contributed by atoms with Crippen molar-refractivity contribution >= 4 is 27.7 Å². The molecule has 1 unspecified atom stereocenters. The van der Waals surface area contributed by atoms with Crippen molar-refractivity contribution in [3.05, 3.63) is 12.2 Å². The molecule has 0 bridgehead atoms. The summed E-state index contributed by atoms with van der Waals surface area (Å²) in [5.41, 5.74) is -1.33. The Morgan fingerprint density at radius 1 is 1.23 bits per heavy atom. The van der Waals surface area contributed by atoms with E-state index in [1.165, 1.54) is 0 Å². The number of hydrogen-bond acceptors (Lipinski definition) is 6. The van der Waals surface area contributed by atoms with Crippen LogP contribution >= 0.6 is 0 Å². The van der Waals surface area contributed by atoms with Gasteiger partial charge in [-0.2, -0.15) is 0 Å². The van der Waals surface area contributed by atoms with Gasteiger partial charge in [0.25, 0.3) is 5.91 Å². The predicted octanol–water partition coefficient (Wildman–Crippen LogP) is 0.0553. The molecule has 0 aromatic carbocycles. The highest BCUT2D eigenvalue weighted by atomic mass is 32.2. The average Bonchev–Trinajstić information content (AvgIpc) is 3.61. The van der Waals surface area contributed by atoms with Crippen molar-refractivity contribution in [3.63, 3.8) is 0 Å². The minimum atomic E-state index is -3.74. The number of amides is 3. The molecule has 1 heterocycles. The summed E-state index contributed by atoms with van der Waals surface area (Å²) < 4.78 is 26.8. The fraction of sp³-hybridized carbons (Fsp3) is 0.762. The van der Waals surface area contributed by atoms with Crippen molar-refractivity contribution in [2.45, 2.75) is 68.3 Å². The standard InChI is InChI=1S/C21H31N3O6S/c1-24-9-5-3-2-4-6-13-12-21(13,20(28)23-31(29,30)15-7-8-15)22-18(26)16-10-14(25)11-17(16)19(24)27/h4,6,13-17,25H,2-3,5,7-12H2,1H3,(H,22,26)(H,23,28)/b6-4-/t13-,14-,16?,17-,21-/m1/s1. The first-order chi connectivity index (χ1) is 14.6. The fourth-order valence-corrected chi connectivity index (χ4v) is 6.18. The first kappa shape index (κ1) is 22.3. The molecule has 9 nitrogen and oxygen atoms in total. The van der Waals surface area contributed by atoms with Crippen LogP contribution in [0.2, 0.25) is 0 Å². The molecule has 3 amide bonds. The van der Waals surface area contributed by atoms with Gasteiger partial charge in [-0.05, 0) is 51.4 Å². The third-order valence-corrected chi connectivity index (χ3v) is 8.83. The van der Waals surface area contributed by atoms with Crippen molar-refractivity contribution in [2.24, 2.45) is 17.8 Å². The van der Waals surface area contributed by atoms with Crippen LogP contribution in [-0.4, -0.2) is 66.6 Å². The highest BCUT2D eigenvalue weighted by Gasteiger charge is 2.62. The number of sulfonamides is 1. The fourth-order valence-electron chi connectivity index (χ4n) is 4.81. The van der Waals surface area contributed by atoms with Gasteiger partial charge in [0.05, 0.1) is 23.2 Å². The van der Waals surface area contributed by atoms with Gasteiger partial charge < -0.3 is 15.3 Å². The van der Waals surface area contributed by atoms with Crippen molar-refractivity contribution in [1.82, 2.24) is 14.9 Å². The summed E-state index contributed by atoms with van der Waals surface area (Å²) in [4.78, 5) is 40.7. The molecule has 5 atom stereocenters. The molecular weight excluding hydrogens is 422 g/mol. The SMILES string of the molecule is CN1CCCC/C=C\[C@@H]2C[C@@]2(C(=O)NS(=O)(=O)C2CC2)NC(=O)C2C[C@@H](O)C[C@H]2C1=O.